The van der Waals surface area contributed by atoms with Gasteiger partial charge in [-0.2, -0.15) is 0 Å². The number of amides is 1. The van der Waals surface area contributed by atoms with Gasteiger partial charge >= 0.3 is 0 Å². The van der Waals surface area contributed by atoms with Gasteiger partial charge in [-0.3, -0.25) is 9.69 Å². The summed E-state index contributed by atoms with van der Waals surface area (Å²) in [5.41, 5.74) is 1.32. The van der Waals surface area contributed by atoms with Crippen molar-refractivity contribution < 1.29 is 19.0 Å². The van der Waals surface area contributed by atoms with Gasteiger partial charge in [0.25, 0.3) is 0 Å². The molecule has 1 N–H and O–H groups in total. The first-order valence-electron chi connectivity index (χ1n) is 11.2. The van der Waals surface area contributed by atoms with E-state index in [0.717, 1.165) is 29.9 Å². The number of nitrogens with zero attached hydrogens (tertiary/aromatic N) is 1. The zero-order chi connectivity index (χ0) is 21.3. The molecule has 0 atom stereocenters. The number of nitrogens with one attached hydrogen (secondary N) is 1. The van der Waals surface area contributed by atoms with Crippen LogP contribution in [0.25, 0.3) is 0 Å². The van der Waals surface area contributed by atoms with Gasteiger partial charge in [-0.15, -0.1) is 0 Å². The van der Waals surface area contributed by atoms with Gasteiger partial charge in [-0.25, -0.2) is 0 Å². The quantitative estimate of drug-likeness (QED) is 0.668. The van der Waals surface area contributed by atoms with Crippen LogP contribution in [0.2, 0.25) is 0 Å². The first-order chi connectivity index (χ1) is 14.4. The molecule has 0 spiro atoms. The second-order valence-corrected chi connectivity index (χ2v) is 9.89. The van der Waals surface area contributed by atoms with Crippen molar-refractivity contribution in [2.75, 3.05) is 41.5 Å². The van der Waals surface area contributed by atoms with Gasteiger partial charge in [0.15, 0.2) is 11.5 Å². The Morgan fingerprint density at radius 2 is 1.50 bits per heavy atom. The first kappa shape index (κ1) is 21.3. The smallest absolute Gasteiger partial charge is 0.234 e. The van der Waals surface area contributed by atoms with Gasteiger partial charge in [0.05, 0.1) is 27.9 Å². The normalized spacial score (nSPS) is 29.2. The number of benzene rings is 1. The fourth-order valence-electron chi connectivity index (χ4n) is 6.84. The van der Waals surface area contributed by atoms with Crippen LogP contribution in [0, 0.1) is 23.2 Å². The van der Waals surface area contributed by atoms with Gasteiger partial charge in [0, 0.05) is 24.7 Å². The van der Waals surface area contributed by atoms with Crippen LogP contribution in [-0.2, 0) is 11.3 Å². The number of hydrogen-bond acceptors (Lipinski definition) is 5. The topological polar surface area (TPSA) is 60.0 Å². The molecule has 0 unspecified atom stereocenters. The summed E-state index contributed by atoms with van der Waals surface area (Å²) in [7, 11) is 6.91. The van der Waals surface area contributed by atoms with E-state index in [1.807, 2.05) is 6.07 Å². The zero-order valence-electron chi connectivity index (χ0n) is 18.8. The fourth-order valence-corrected chi connectivity index (χ4v) is 6.84. The molecule has 4 aliphatic carbocycles. The minimum absolute atomic E-state index is 0.0408. The van der Waals surface area contributed by atoms with Crippen molar-refractivity contribution in [2.24, 2.45) is 23.2 Å². The highest BCUT2D eigenvalue weighted by atomic mass is 16.5. The lowest BCUT2D eigenvalue weighted by Crippen LogP contribution is -2.51. The molecule has 1 aromatic rings. The second-order valence-electron chi connectivity index (χ2n) is 9.89. The minimum Gasteiger partial charge on any atom is -0.496 e. The number of methoxy groups -OCH3 is 3. The van der Waals surface area contributed by atoms with Crippen molar-refractivity contribution in [3.63, 3.8) is 0 Å². The highest BCUT2D eigenvalue weighted by molar-refractivity contribution is 5.78. The Morgan fingerprint density at radius 1 is 0.967 bits per heavy atom. The minimum atomic E-state index is 0.0408. The summed E-state index contributed by atoms with van der Waals surface area (Å²) in [5, 5.41) is 3.04. The molecule has 1 aromatic carbocycles. The fraction of sp³-hybridized carbons (Fsp3) is 0.708. The number of ether oxygens (including phenoxy) is 3. The predicted octanol–water partition coefficient (Wildman–Crippen LogP) is 3.48. The van der Waals surface area contributed by atoms with E-state index in [0.29, 0.717) is 35.8 Å². The highest BCUT2D eigenvalue weighted by Crippen LogP contribution is 2.60. The van der Waals surface area contributed by atoms with Crippen LogP contribution in [0.15, 0.2) is 12.1 Å². The van der Waals surface area contributed by atoms with E-state index in [-0.39, 0.29) is 5.91 Å². The molecule has 0 heterocycles. The molecule has 6 nitrogen and oxygen atoms in total. The molecule has 0 radical (unpaired) electrons. The standard InChI is InChI=1S/C24H36N2O4/c1-26(15-24-10-16-5-17(11-24)7-18(6-16)12-24)14-23(27)25-13-19-8-21(29-3)22(30-4)9-20(19)28-2/h8-9,16-18H,5-7,10-15H2,1-4H3,(H,25,27). The number of rotatable bonds is 9. The van der Waals surface area contributed by atoms with Crippen LogP contribution in [-0.4, -0.2) is 52.3 Å². The Labute approximate surface area is 180 Å². The molecule has 4 fully saturated rings. The number of carbonyl (C=O) groups excluding carboxylic acids is 1. The lowest BCUT2D eigenvalue weighted by Gasteiger charge is -2.57. The van der Waals surface area contributed by atoms with E-state index in [1.165, 1.54) is 38.5 Å². The summed E-state index contributed by atoms with van der Waals surface area (Å²) in [5.74, 6) is 4.78. The van der Waals surface area contributed by atoms with Gasteiger partial charge < -0.3 is 19.5 Å². The number of likely N-dealkylation sites (N-methyl/N-ethyl adjacent to an activating group) is 1. The molecule has 166 valence electrons. The summed E-state index contributed by atoms with van der Waals surface area (Å²) in [6.45, 7) is 1.87. The van der Waals surface area contributed by atoms with Crippen molar-refractivity contribution >= 4 is 5.91 Å². The molecule has 30 heavy (non-hydrogen) atoms. The van der Waals surface area contributed by atoms with Crippen LogP contribution < -0.4 is 19.5 Å². The van der Waals surface area contributed by atoms with Crippen molar-refractivity contribution in [1.82, 2.24) is 10.2 Å². The maximum Gasteiger partial charge on any atom is 0.234 e. The Morgan fingerprint density at radius 3 is 2.03 bits per heavy atom. The lowest BCUT2D eigenvalue weighted by atomic mass is 9.49. The average Bonchev–Trinajstić information content (AvgIpc) is 2.69. The molecule has 5 rings (SSSR count). The third-order valence-corrected chi connectivity index (χ3v) is 7.45. The summed E-state index contributed by atoms with van der Waals surface area (Å²) < 4.78 is 16.2. The SMILES string of the molecule is COc1cc(OC)c(OC)cc1CNC(=O)CN(C)CC12CC3CC(CC(C3)C1)C2. The van der Waals surface area contributed by atoms with E-state index in [9.17, 15) is 4.79 Å². The molecular formula is C24H36N2O4. The summed E-state index contributed by atoms with van der Waals surface area (Å²) >= 11 is 0. The third-order valence-electron chi connectivity index (χ3n) is 7.45. The summed E-state index contributed by atoms with van der Waals surface area (Å²) in [6.07, 6.45) is 8.47. The third kappa shape index (κ3) is 4.39. The van der Waals surface area contributed by atoms with Gasteiger partial charge in [-0.1, -0.05) is 0 Å². The molecule has 0 aliphatic heterocycles. The predicted molar refractivity (Wildman–Crippen MR) is 116 cm³/mol. The zero-order valence-corrected chi connectivity index (χ0v) is 18.8. The molecule has 0 aromatic heterocycles. The largest absolute Gasteiger partial charge is 0.496 e. The first-order valence-corrected chi connectivity index (χ1v) is 11.2. The molecule has 6 heteroatoms. The van der Waals surface area contributed by atoms with Gasteiger partial charge in [0.1, 0.15) is 5.75 Å². The molecule has 4 aliphatic rings. The monoisotopic (exact) mass is 416 g/mol. The number of carbonyl (C=O) groups is 1. The van der Waals surface area contributed by atoms with Crippen molar-refractivity contribution in [1.29, 1.82) is 0 Å². The van der Waals surface area contributed by atoms with Crippen molar-refractivity contribution in [3.8, 4) is 17.2 Å². The van der Waals surface area contributed by atoms with Crippen LogP contribution >= 0.6 is 0 Å². The Bertz CT molecular complexity index is 743. The van der Waals surface area contributed by atoms with E-state index in [2.05, 4.69) is 17.3 Å². The van der Waals surface area contributed by atoms with Gasteiger partial charge in [-0.05, 0) is 74.8 Å². The van der Waals surface area contributed by atoms with Crippen LogP contribution in [0.3, 0.4) is 0 Å². The molecule has 1 amide bonds. The number of hydrogen-bond donors (Lipinski definition) is 1. The Balaban J connectivity index is 1.32. The van der Waals surface area contributed by atoms with Crippen molar-refractivity contribution in [2.45, 2.75) is 45.1 Å². The molecule has 0 saturated heterocycles. The van der Waals surface area contributed by atoms with Crippen LogP contribution in [0.1, 0.15) is 44.1 Å². The second kappa shape index (κ2) is 8.66. The Hall–Kier alpha value is -1.95. The summed E-state index contributed by atoms with van der Waals surface area (Å²) in [4.78, 5) is 14.9. The average molecular weight is 417 g/mol. The van der Waals surface area contributed by atoms with Crippen molar-refractivity contribution in [3.05, 3.63) is 17.7 Å². The highest BCUT2D eigenvalue weighted by Gasteiger charge is 2.51. The molecule has 4 bridgehead atoms. The van der Waals surface area contributed by atoms with E-state index in [4.69, 9.17) is 14.2 Å². The summed E-state index contributed by atoms with van der Waals surface area (Å²) in [6, 6.07) is 3.65. The Kier molecular flexibility index (Phi) is 6.14. The van der Waals surface area contributed by atoms with E-state index >= 15 is 0 Å². The van der Waals surface area contributed by atoms with E-state index < -0.39 is 0 Å². The van der Waals surface area contributed by atoms with E-state index in [1.54, 1.807) is 27.4 Å². The molecular weight excluding hydrogens is 380 g/mol. The maximum atomic E-state index is 12.6. The molecule has 4 saturated carbocycles. The van der Waals surface area contributed by atoms with Gasteiger partial charge in [0.2, 0.25) is 5.91 Å². The van der Waals surface area contributed by atoms with Crippen LogP contribution in [0.4, 0.5) is 0 Å². The van der Waals surface area contributed by atoms with Crippen LogP contribution in [0.5, 0.6) is 17.2 Å². The maximum absolute atomic E-state index is 12.6. The lowest BCUT2D eigenvalue weighted by molar-refractivity contribution is -0.123.